The largest absolute Gasteiger partial charge is 0.508 e. The molecular weight excluding hydrogens is 1150 g/mol. The van der Waals surface area contributed by atoms with E-state index in [2.05, 4.69) is 53.2 Å². The molecule has 464 valence electrons. The van der Waals surface area contributed by atoms with Crippen LogP contribution in [0.25, 0.3) is 0 Å². The minimum atomic E-state index is -1.76. The van der Waals surface area contributed by atoms with Gasteiger partial charge >= 0.3 is 0 Å². The molecule has 0 spiro atoms. The summed E-state index contributed by atoms with van der Waals surface area (Å²) >= 11 is 0. The lowest BCUT2D eigenvalue weighted by atomic mass is 10.0. The Labute approximate surface area is 496 Å². The van der Waals surface area contributed by atoms with Crippen LogP contribution in [-0.2, 0) is 80.0 Å². The molecule has 0 bridgehead atoms. The van der Waals surface area contributed by atoms with Gasteiger partial charge in [0.25, 0.3) is 0 Å². The molecule has 0 aliphatic carbocycles. The van der Waals surface area contributed by atoms with Crippen molar-refractivity contribution < 1.29 is 72.2 Å². The molecule has 0 saturated carbocycles. The van der Waals surface area contributed by atoms with Gasteiger partial charge in [-0.3, -0.25) is 72.4 Å². The third kappa shape index (κ3) is 24.4. The highest BCUT2D eigenvalue weighted by Gasteiger charge is 2.40. The SMILES string of the molecule is NCCCC[C@H](NC(=O)[C@@H]1CCCN1C(=O)[C@@H]1CSSC[C@H](NC(=O)CNC(=O)CNC(=O)CN)C(=O)N[C@@H](Cc2ccc(O)cc2)C(=O)N[C@@H](Cc2ccccc2)C(=O)N[C@@H](CCC(N)=O)C(=O)NC(=O)C[C@H](N)C(=O)N1)C(=O)NCC(N)=O. The van der Waals surface area contributed by atoms with E-state index >= 15 is 0 Å². The van der Waals surface area contributed by atoms with E-state index in [1.807, 2.05) is 0 Å². The number of benzene rings is 2. The third-order valence-electron chi connectivity index (χ3n) is 13.0. The van der Waals surface area contributed by atoms with Gasteiger partial charge < -0.3 is 86.5 Å². The highest BCUT2D eigenvalue weighted by atomic mass is 33.1. The zero-order valence-electron chi connectivity index (χ0n) is 46.4. The first-order valence-corrected chi connectivity index (χ1v) is 29.5. The Morgan fingerprint density at radius 2 is 1.28 bits per heavy atom. The van der Waals surface area contributed by atoms with Crippen LogP contribution in [-0.4, -0.2) is 192 Å². The first-order chi connectivity index (χ1) is 40.5. The number of nitrogens with one attached hydrogen (secondary N) is 10. The summed E-state index contributed by atoms with van der Waals surface area (Å²) in [7, 11) is 1.76. The maximum Gasteiger partial charge on any atom is 0.249 e. The smallest absolute Gasteiger partial charge is 0.249 e. The number of unbranched alkanes of at least 4 members (excludes halogenated alkanes) is 1. The van der Waals surface area contributed by atoms with Crippen molar-refractivity contribution in [2.24, 2.45) is 28.7 Å². The number of amides is 14. The fourth-order valence-corrected chi connectivity index (χ4v) is 10.8. The van der Waals surface area contributed by atoms with E-state index < -0.39 is 176 Å². The number of rotatable bonds is 23. The summed E-state index contributed by atoms with van der Waals surface area (Å²) < 4.78 is 0. The Morgan fingerprint density at radius 3 is 1.92 bits per heavy atom. The lowest BCUT2D eigenvalue weighted by Gasteiger charge is -2.30. The number of aromatic hydroxyl groups is 1. The van der Waals surface area contributed by atoms with Gasteiger partial charge in [0.2, 0.25) is 82.7 Å². The molecule has 2 fully saturated rings. The Bertz CT molecular complexity index is 2730. The van der Waals surface area contributed by atoms with Crippen LogP contribution in [0.2, 0.25) is 0 Å². The van der Waals surface area contributed by atoms with Gasteiger partial charge in [-0.1, -0.05) is 64.1 Å². The molecule has 85 heavy (non-hydrogen) atoms. The second kappa shape index (κ2) is 35.7. The van der Waals surface area contributed by atoms with Crippen molar-refractivity contribution in [1.29, 1.82) is 0 Å². The van der Waals surface area contributed by atoms with Crippen molar-refractivity contribution in [3.63, 3.8) is 0 Å². The molecule has 2 heterocycles. The molecule has 8 atom stereocenters. The highest BCUT2D eigenvalue weighted by Crippen LogP contribution is 2.26. The predicted molar refractivity (Wildman–Crippen MR) is 308 cm³/mol. The molecule has 31 nitrogen and oxygen atoms in total. The Balaban J connectivity index is 1.76. The fourth-order valence-electron chi connectivity index (χ4n) is 8.51. The van der Waals surface area contributed by atoms with Crippen molar-refractivity contribution in [2.75, 3.05) is 50.8 Å². The normalized spacial score (nSPS) is 21.5. The molecular formula is C52H74N16O15S2. The summed E-state index contributed by atoms with van der Waals surface area (Å²) in [4.78, 5) is 189. The number of hydrogen-bond acceptors (Lipinski definition) is 20. The van der Waals surface area contributed by atoms with Crippen LogP contribution in [0.1, 0.15) is 62.5 Å². The molecule has 2 aromatic rings. The fraction of sp³-hybridized carbons (Fsp3) is 0.500. The minimum Gasteiger partial charge on any atom is -0.508 e. The van der Waals surface area contributed by atoms with Crippen LogP contribution in [0.15, 0.2) is 54.6 Å². The zero-order chi connectivity index (χ0) is 62.6. The lowest BCUT2D eigenvalue weighted by Crippen LogP contribution is -2.60. The van der Waals surface area contributed by atoms with Crippen LogP contribution in [0.3, 0.4) is 0 Å². The second-order valence-electron chi connectivity index (χ2n) is 19.7. The Kier molecular flexibility index (Phi) is 29.0. The average Bonchev–Trinajstić information content (AvgIpc) is 3.71. The van der Waals surface area contributed by atoms with E-state index in [0.717, 1.165) is 21.6 Å². The van der Waals surface area contributed by atoms with Crippen molar-refractivity contribution in [3.8, 4) is 5.75 Å². The van der Waals surface area contributed by atoms with Crippen LogP contribution >= 0.6 is 21.6 Å². The van der Waals surface area contributed by atoms with Gasteiger partial charge in [-0.2, -0.15) is 0 Å². The van der Waals surface area contributed by atoms with Crippen LogP contribution in [0.4, 0.5) is 0 Å². The Hall–Kier alpha value is -8.40. The number of carbonyl (C=O) groups is 14. The first kappa shape index (κ1) is 69.1. The molecule has 2 aliphatic heterocycles. The third-order valence-corrected chi connectivity index (χ3v) is 15.4. The second-order valence-corrected chi connectivity index (χ2v) is 22.3. The molecule has 0 radical (unpaired) electrons. The summed E-state index contributed by atoms with van der Waals surface area (Å²) in [6.45, 7) is -1.96. The molecule has 0 unspecified atom stereocenters. The standard InChI is InChI=1S/C52H74N16O15S2/c53-17-5-4-9-32(46(77)60-23-40(57)71)63-51(82)38-10-6-18-68(38)52(83)37-27-85-84-26-36(61-44(75)25-59-43(74)24-58-42(73)22-54)50(81)65-35(20-29-11-13-30(69)14-12-29)49(80)64-34(19-28-7-2-1-3-8-28)48(79)62-33(15-16-39(56)70)47(78)67-41(72)21-31(55)45(76)66-37/h1-3,7-8,11-14,31-38,69H,4-6,9-10,15-27,53-55H2,(H2,56,70)(H2,57,71)(H,58,73)(H,59,74)(H,60,77)(H,61,75)(H,62,79)(H,63,82)(H,64,80)(H,65,81)(H,66,76)(H,67,72,78)/t31-,32-,33-,34-,35-,36-,37-,38-/m0/s1. The summed E-state index contributed by atoms with van der Waals surface area (Å²) in [5, 5.41) is 34.3. The van der Waals surface area contributed by atoms with E-state index in [-0.39, 0.29) is 62.4 Å². The van der Waals surface area contributed by atoms with Crippen molar-refractivity contribution in [3.05, 3.63) is 65.7 Å². The summed E-state index contributed by atoms with van der Waals surface area (Å²) in [6, 6.07) is 1.75. The van der Waals surface area contributed by atoms with Crippen LogP contribution in [0, 0.1) is 0 Å². The van der Waals surface area contributed by atoms with Gasteiger partial charge in [-0.05, 0) is 68.3 Å². The number of carbonyl (C=O) groups excluding carboxylic acids is 14. The predicted octanol–water partition coefficient (Wildman–Crippen LogP) is -6.98. The molecule has 4 rings (SSSR count). The zero-order valence-corrected chi connectivity index (χ0v) is 48.0. The van der Waals surface area contributed by atoms with Crippen molar-refractivity contribution in [2.45, 2.75) is 113 Å². The van der Waals surface area contributed by atoms with Gasteiger partial charge in [-0.25, -0.2) is 0 Å². The van der Waals surface area contributed by atoms with E-state index in [1.165, 1.54) is 29.2 Å². The molecule has 33 heteroatoms. The maximum atomic E-state index is 14.7. The quantitative estimate of drug-likeness (QED) is 0.0279. The topological polar surface area (TPSA) is 513 Å². The van der Waals surface area contributed by atoms with Crippen LogP contribution in [0.5, 0.6) is 5.75 Å². The number of phenolic OH excluding ortho intramolecular Hbond substituents is 1. The van der Waals surface area contributed by atoms with E-state index in [9.17, 15) is 72.2 Å². The summed E-state index contributed by atoms with van der Waals surface area (Å²) in [5.74, 6) is -13.7. The van der Waals surface area contributed by atoms with Gasteiger partial charge in [0.15, 0.2) is 0 Å². The molecule has 2 aliphatic rings. The molecule has 14 amide bonds. The number of nitrogens with two attached hydrogens (primary N) is 5. The Morgan fingerprint density at radius 1 is 0.671 bits per heavy atom. The minimum absolute atomic E-state index is 0.0209. The van der Waals surface area contributed by atoms with Gasteiger partial charge in [0, 0.05) is 37.3 Å². The lowest BCUT2D eigenvalue weighted by molar-refractivity contribution is -0.142. The van der Waals surface area contributed by atoms with E-state index in [1.54, 1.807) is 30.3 Å². The molecule has 0 aromatic heterocycles. The monoisotopic (exact) mass is 1230 g/mol. The number of hydrogen-bond donors (Lipinski definition) is 16. The van der Waals surface area contributed by atoms with E-state index in [0.29, 0.717) is 24.0 Å². The molecule has 21 N–H and O–H groups in total. The average molecular weight is 1230 g/mol. The van der Waals surface area contributed by atoms with Gasteiger partial charge in [-0.15, -0.1) is 0 Å². The maximum absolute atomic E-state index is 14.7. The van der Waals surface area contributed by atoms with Crippen molar-refractivity contribution >= 4 is 104 Å². The molecule has 2 aromatic carbocycles. The van der Waals surface area contributed by atoms with Crippen LogP contribution < -0.4 is 81.8 Å². The van der Waals surface area contributed by atoms with Gasteiger partial charge in [0.1, 0.15) is 48.0 Å². The van der Waals surface area contributed by atoms with Gasteiger partial charge in [0.05, 0.1) is 38.6 Å². The summed E-state index contributed by atoms with van der Waals surface area (Å²) in [5.41, 5.74) is 28.7. The molecule has 2 saturated heterocycles. The first-order valence-electron chi connectivity index (χ1n) is 27.0. The highest BCUT2D eigenvalue weighted by molar-refractivity contribution is 8.76. The summed E-state index contributed by atoms with van der Waals surface area (Å²) in [6.07, 6.45) is -0.991. The number of likely N-dealkylation sites (tertiary alicyclic amines) is 1. The van der Waals surface area contributed by atoms with E-state index in [4.69, 9.17) is 28.7 Å². The van der Waals surface area contributed by atoms with Crippen molar-refractivity contribution in [1.82, 2.24) is 58.1 Å². The number of primary amides is 2. The number of imide groups is 1. The number of phenols is 1. The number of nitrogens with zero attached hydrogens (tertiary/aromatic N) is 1.